The normalized spacial score (nSPS) is 27.4. The molecule has 7 heteroatoms. The fourth-order valence-electron chi connectivity index (χ4n) is 7.93. The molecule has 39 heavy (non-hydrogen) atoms. The van der Waals surface area contributed by atoms with E-state index in [4.69, 9.17) is 10.00 Å². The van der Waals surface area contributed by atoms with Crippen LogP contribution in [0.1, 0.15) is 55.2 Å². The smallest absolute Gasteiger partial charge is 0.242 e. The van der Waals surface area contributed by atoms with Crippen LogP contribution in [0, 0.1) is 34.5 Å². The fraction of sp³-hybridized carbons (Fsp3) is 0.531. The maximum Gasteiger partial charge on any atom is 0.242 e. The summed E-state index contributed by atoms with van der Waals surface area (Å²) in [7, 11) is 0. The molecule has 2 aromatic carbocycles. The number of para-hydroxylation sites is 1. The topological polar surface area (TPSA) is 85.7 Å². The summed E-state index contributed by atoms with van der Waals surface area (Å²) in [5, 5.41) is 11.9. The number of amides is 2. The number of nitriles is 1. The van der Waals surface area contributed by atoms with Crippen molar-refractivity contribution >= 4 is 11.8 Å². The number of nitrogens with zero attached hydrogens (tertiary/aromatic N) is 3. The zero-order valence-corrected chi connectivity index (χ0v) is 22.6. The maximum atomic E-state index is 12.9. The van der Waals surface area contributed by atoms with E-state index in [0.29, 0.717) is 31.7 Å². The minimum atomic E-state index is 0.0175. The van der Waals surface area contributed by atoms with E-state index in [0.717, 1.165) is 54.3 Å². The average Bonchev–Trinajstić information content (AvgIpc) is 3.34. The minimum absolute atomic E-state index is 0.0175. The van der Waals surface area contributed by atoms with Crippen LogP contribution in [0.2, 0.25) is 0 Å². The summed E-state index contributed by atoms with van der Waals surface area (Å²) >= 11 is 0. The van der Waals surface area contributed by atoms with Gasteiger partial charge in [0.15, 0.2) is 0 Å². The Labute approximate surface area is 231 Å². The summed E-state index contributed by atoms with van der Waals surface area (Å²) in [5.74, 6) is 3.36. The summed E-state index contributed by atoms with van der Waals surface area (Å²) in [5.41, 5.74) is 3.01. The molecule has 0 spiro atoms. The number of benzene rings is 2. The molecule has 1 aliphatic heterocycles. The van der Waals surface area contributed by atoms with E-state index in [2.05, 4.69) is 22.4 Å². The molecular formula is C32H38N4O3. The van der Waals surface area contributed by atoms with Crippen molar-refractivity contribution in [1.82, 2.24) is 15.1 Å². The summed E-state index contributed by atoms with van der Waals surface area (Å²) < 4.78 is 6.12. The Morgan fingerprint density at radius 3 is 2.41 bits per heavy atom. The van der Waals surface area contributed by atoms with Gasteiger partial charge in [-0.2, -0.15) is 5.26 Å². The van der Waals surface area contributed by atoms with Gasteiger partial charge >= 0.3 is 0 Å². The van der Waals surface area contributed by atoms with Crippen molar-refractivity contribution in [3.05, 3.63) is 65.2 Å². The van der Waals surface area contributed by atoms with E-state index in [1.807, 2.05) is 35.2 Å². The van der Waals surface area contributed by atoms with Gasteiger partial charge in [0.1, 0.15) is 12.4 Å². The lowest BCUT2D eigenvalue weighted by molar-refractivity contribution is -0.135. The lowest BCUT2D eigenvalue weighted by Gasteiger charge is -2.35. The van der Waals surface area contributed by atoms with Crippen LogP contribution in [-0.4, -0.2) is 54.3 Å². The Morgan fingerprint density at radius 2 is 1.69 bits per heavy atom. The predicted octanol–water partition coefficient (Wildman–Crippen LogP) is 4.11. The molecule has 4 saturated carbocycles. The lowest BCUT2D eigenvalue weighted by Crippen LogP contribution is -2.51. The first-order chi connectivity index (χ1) is 19.0. The van der Waals surface area contributed by atoms with Crippen molar-refractivity contribution in [2.24, 2.45) is 23.2 Å². The molecule has 2 unspecified atom stereocenters. The van der Waals surface area contributed by atoms with Gasteiger partial charge in [-0.1, -0.05) is 30.3 Å². The molecule has 0 radical (unpaired) electrons. The lowest BCUT2D eigenvalue weighted by atomic mass is 9.73. The van der Waals surface area contributed by atoms with Crippen LogP contribution < -0.4 is 10.1 Å². The highest BCUT2D eigenvalue weighted by Crippen LogP contribution is 2.66. The minimum Gasteiger partial charge on any atom is -0.489 e. The van der Waals surface area contributed by atoms with Crippen molar-refractivity contribution < 1.29 is 14.3 Å². The summed E-state index contributed by atoms with van der Waals surface area (Å²) in [6.07, 6.45) is 7.07. The van der Waals surface area contributed by atoms with Crippen LogP contribution in [0.4, 0.5) is 0 Å². The Balaban J connectivity index is 0.942. The molecule has 0 aromatic heterocycles. The first kappa shape index (κ1) is 25.9. The van der Waals surface area contributed by atoms with Crippen molar-refractivity contribution in [2.75, 3.05) is 32.7 Å². The second-order valence-electron chi connectivity index (χ2n) is 12.2. The molecule has 7 nitrogen and oxygen atoms in total. The molecule has 4 bridgehead atoms. The number of carbonyl (C=O) groups is 2. The van der Waals surface area contributed by atoms with Gasteiger partial charge in [0.05, 0.1) is 18.2 Å². The predicted molar refractivity (Wildman–Crippen MR) is 147 cm³/mol. The molecule has 5 aliphatic rings. The number of rotatable bonds is 9. The first-order valence-electron chi connectivity index (χ1n) is 14.5. The Kier molecular flexibility index (Phi) is 7.31. The van der Waals surface area contributed by atoms with Crippen molar-refractivity contribution in [2.45, 2.75) is 51.7 Å². The van der Waals surface area contributed by atoms with Crippen molar-refractivity contribution in [3.63, 3.8) is 0 Å². The second-order valence-corrected chi connectivity index (χ2v) is 12.2. The largest absolute Gasteiger partial charge is 0.489 e. The highest BCUT2D eigenvalue weighted by atomic mass is 16.5. The van der Waals surface area contributed by atoms with E-state index in [9.17, 15) is 9.59 Å². The third kappa shape index (κ3) is 5.67. The van der Waals surface area contributed by atoms with Crippen LogP contribution >= 0.6 is 0 Å². The molecule has 1 heterocycles. The standard InChI is InChI=1S/C32H38N4O3/c33-19-23-5-7-24(8-6-23)22-39-29-4-2-1-3-27(29)21-35-9-11-36(12-10-35)31(38)20-34-30(37)18-32-16-25-13-26(17-32)15-28(32)14-25/h1-8,25-26,28H,9-18,20-22H2,(H,34,37). The van der Waals surface area contributed by atoms with E-state index < -0.39 is 0 Å². The molecule has 1 saturated heterocycles. The Morgan fingerprint density at radius 1 is 0.974 bits per heavy atom. The molecule has 2 amide bonds. The number of hydrogen-bond acceptors (Lipinski definition) is 5. The Hall–Kier alpha value is -3.37. The molecule has 2 aromatic rings. The van der Waals surface area contributed by atoms with Crippen LogP contribution in [0.3, 0.4) is 0 Å². The van der Waals surface area contributed by atoms with E-state index >= 15 is 0 Å². The van der Waals surface area contributed by atoms with Gasteiger partial charge in [-0.3, -0.25) is 14.5 Å². The molecular weight excluding hydrogens is 488 g/mol. The third-order valence-electron chi connectivity index (χ3n) is 9.68. The van der Waals surface area contributed by atoms with Gasteiger partial charge in [0, 0.05) is 44.7 Å². The molecule has 2 atom stereocenters. The van der Waals surface area contributed by atoms with Crippen LogP contribution in [0.5, 0.6) is 5.75 Å². The number of piperazine rings is 1. The average molecular weight is 527 g/mol. The Bertz CT molecular complexity index is 1230. The van der Waals surface area contributed by atoms with Gasteiger partial charge in [-0.05, 0) is 79.0 Å². The highest BCUT2D eigenvalue weighted by Gasteiger charge is 2.57. The van der Waals surface area contributed by atoms with E-state index in [1.54, 1.807) is 12.1 Å². The van der Waals surface area contributed by atoms with Crippen molar-refractivity contribution in [3.8, 4) is 11.8 Å². The van der Waals surface area contributed by atoms with Gasteiger partial charge in [0.2, 0.25) is 11.8 Å². The van der Waals surface area contributed by atoms with E-state index in [1.165, 1.54) is 32.1 Å². The first-order valence-corrected chi connectivity index (χ1v) is 14.5. The molecule has 4 aliphatic carbocycles. The quantitative estimate of drug-likeness (QED) is 0.532. The zero-order chi connectivity index (χ0) is 26.8. The number of carbonyl (C=O) groups excluding carboxylic acids is 2. The number of ether oxygens (including phenoxy) is 1. The maximum absolute atomic E-state index is 12.9. The molecule has 204 valence electrons. The van der Waals surface area contributed by atoms with Crippen LogP contribution in [0.25, 0.3) is 0 Å². The summed E-state index contributed by atoms with van der Waals surface area (Å²) in [4.78, 5) is 29.9. The summed E-state index contributed by atoms with van der Waals surface area (Å²) in [6.45, 7) is 4.22. The number of nitrogens with one attached hydrogen (secondary N) is 1. The monoisotopic (exact) mass is 526 g/mol. The van der Waals surface area contributed by atoms with Crippen LogP contribution in [0.15, 0.2) is 48.5 Å². The van der Waals surface area contributed by atoms with Crippen LogP contribution in [-0.2, 0) is 22.7 Å². The van der Waals surface area contributed by atoms with Crippen molar-refractivity contribution in [1.29, 1.82) is 5.26 Å². The molecule has 1 N–H and O–H groups in total. The van der Waals surface area contributed by atoms with E-state index in [-0.39, 0.29) is 23.8 Å². The second kappa shape index (κ2) is 11.0. The third-order valence-corrected chi connectivity index (χ3v) is 9.68. The number of hydrogen-bond donors (Lipinski definition) is 1. The van der Waals surface area contributed by atoms with Gasteiger partial charge in [-0.15, -0.1) is 0 Å². The van der Waals surface area contributed by atoms with Gasteiger partial charge < -0.3 is 15.0 Å². The molecule has 5 fully saturated rings. The molecule has 7 rings (SSSR count). The summed E-state index contributed by atoms with van der Waals surface area (Å²) in [6, 6.07) is 17.7. The van der Waals surface area contributed by atoms with Gasteiger partial charge in [-0.25, -0.2) is 0 Å². The highest BCUT2D eigenvalue weighted by molar-refractivity contribution is 5.85. The van der Waals surface area contributed by atoms with Gasteiger partial charge in [0.25, 0.3) is 0 Å². The SMILES string of the molecule is N#Cc1ccc(COc2ccccc2CN2CCN(C(=O)CNC(=O)CC34CC5CC(CC3C5)C4)CC2)cc1. The fourth-order valence-corrected chi connectivity index (χ4v) is 7.93. The zero-order valence-electron chi connectivity index (χ0n) is 22.6.